The number of anilines is 1. The van der Waals surface area contributed by atoms with Crippen molar-refractivity contribution in [3.8, 4) is 5.75 Å². The van der Waals surface area contributed by atoms with Crippen LogP contribution < -0.4 is 9.64 Å². The average molecular weight is 492 g/mol. The first-order valence-corrected chi connectivity index (χ1v) is 12.3. The second-order valence-corrected chi connectivity index (χ2v) is 9.12. The summed E-state index contributed by atoms with van der Waals surface area (Å²) in [6.45, 7) is 0. The van der Waals surface area contributed by atoms with Gasteiger partial charge in [0, 0.05) is 17.2 Å². The van der Waals surface area contributed by atoms with Gasteiger partial charge in [-0.1, -0.05) is 91.0 Å². The number of hydrogen-bond acceptors (Lipinski definition) is 5. The number of Topliss-reactive ketones (excluding diaryl/α,β-unsaturated/α-hetero) is 1. The fourth-order valence-corrected chi connectivity index (χ4v) is 5.55. The molecule has 0 amide bonds. The molecule has 1 aliphatic rings. The summed E-state index contributed by atoms with van der Waals surface area (Å²) in [7, 11) is 3.02. The lowest BCUT2D eigenvalue weighted by molar-refractivity contribution is -0.142. The Morgan fingerprint density at radius 2 is 1.22 bits per heavy atom. The Hall–Kier alpha value is -4.38. The number of methoxy groups -OCH3 is 2. The van der Waals surface area contributed by atoms with Crippen LogP contribution in [-0.2, 0) is 9.53 Å². The number of hydrogen-bond donors (Lipinski definition) is 0. The van der Waals surface area contributed by atoms with Crippen molar-refractivity contribution in [2.24, 2.45) is 5.92 Å². The van der Waals surface area contributed by atoms with Crippen LogP contribution in [0.3, 0.4) is 0 Å². The minimum atomic E-state index is -0.719. The maximum absolute atomic E-state index is 14.3. The van der Waals surface area contributed by atoms with Crippen molar-refractivity contribution >= 4 is 17.4 Å². The molecule has 5 rings (SSSR count). The highest BCUT2D eigenvalue weighted by molar-refractivity contribution is 6.01. The van der Waals surface area contributed by atoms with Crippen LogP contribution in [0.4, 0.5) is 5.69 Å². The zero-order valence-electron chi connectivity index (χ0n) is 20.9. The van der Waals surface area contributed by atoms with E-state index in [0.29, 0.717) is 11.3 Å². The van der Waals surface area contributed by atoms with Crippen LogP contribution in [0.25, 0.3) is 0 Å². The van der Waals surface area contributed by atoms with Gasteiger partial charge in [0.05, 0.1) is 26.2 Å². The van der Waals surface area contributed by atoms with Crippen LogP contribution in [0.15, 0.2) is 115 Å². The van der Waals surface area contributed by atoms with E-state index < -0.39 is 23.9 Å². The molecule has 4 atom stereocenters. The molecule has 5 nitrogen and oxygen atoms in total. The number of carbonyl (C=O) groups is 2. The monoisotopic (exact) mass is 491 g/mol. The summed E-state index contributed by atoms with van der Waals surface area (Å²) < 4.78 is 10.8. The summed E-state index contributed by atoms with van der Waals surface area (Å²) in [4.78, 5) is 30.0. The van der Waals surface area contributed by atoms with Gasteiger partial charge >= 0.3 is 5.97 Å². The SMILES string of the molecule is COC(=O)[C@H]1[C@@H](c2ccccc2)[C@H](C(=O)c2ccccc2)[C@H](c2ccccc2)N1c1ccc(OC)cc1. The third kappa shape index (κ3) is 4.60. The Morgan fingerprint density at radius 1 is 0.676 bits per heavy atom. The Bertz CT molecular complexity index is 1340. The van der Waals surface area contributed by atoms with Gasteiger partial charge in [0.15, 0.2) is 5.78 Å². The predicted molar refractivity (Wildman–Crippen MR) is 144 cm³/mol. The van der Waals surface area contributed by atoms with Crippen LogP contribution in [-0.4, -0.2) is 32.0 Å². The second-order valence-electron chi connectivity index (χ2n) is 9.12. The molecule has 0 spiro atoms. The van der Waals surface area contributed by atoms with Crippen LogP contribution in [0, 0.1) is 5.92 Å². The molecule has 0 aliphatic carbocycles. The van der Waals surface area contributed by atoms with Gasteiger partial charge in [-0.05, 0) is 35.4 Å². The lowest BCUT2D eigenvalue weighted by Gasteiger charge is -2.33. The molecule has 37 heavy (non-hydrogen) atoms. The van der Waals surface area contributed by atoms with Crippen LogP contribution in [0.2, 0.25) is 0 Å². The molecule has 4 aromatic carbocycles. The normalized spacial score (nSPS) is 20.9. The number of benzene rings is 4. The van der Waals surface area contributed by atoms with Gasteiger partial charge in [-0.15, -0.1) is 0 Å². The second kappa shape index (κ2) is 10.7. The van der Waals surface area contributed by atoms with E-state index in [4.69, 9.17) is 9.47 Å². The molecular formula is C32H29NO4. The fourth-order valence-electron chi connectivity index (χ4n) is 5.55. The summed E-state index contributed by atoms with van der Waals surface area (Å²) in [5.74, 6) is -0.653. The first-order chi connectivity index (χ1) is 18.1. The maximum atomic E-state index is 14.3. The molecule has 1 heterocycles. The highest BCUT2D eigenvalue weighted by Crippen LogP contribution is 2.53. The van der Waals surface area contributed by atoms with Crippen molar-refractivity contribution in [1.29, 1.82) is 0 Å². The predicted octanol–water partition coefficient (Wildman–Crippen LogP) is 6.08. The van der Waals surface area contributed by atoms with Gasteiger partial charge in [0.25, 0.3) is 0 Å². The molecule has 0 radical (unpaired) electrons. The van der Waals surface area contributed by atoms with Crippen molar-refractivity contribution < 1.29 is 19.1 Å². The highest BCUT2D eigenvalue weighted by atomic mass is 16.5. The topological polar surface area (TPSA) is 55.8 Å². The zero-order chi connectivity index (χ0) is 25.8. The molecule has 5 heteroatoms. The average Bonchev–Trinajstić information content (AvgIpc) is 3.34. The summed E-state index contributed by atoms with van der Waals surface area (Å²) in [5, 5.41) is 0. The first-order valence-electron chi connectivity index (χ1n) is 12.3. The molecule has 186 valence electrons. The minimum absolute atomic E-state index is 0.00628. The third-order valence-corrected chi connectivity index (χ3v) is 7.17. The van der Waals surface area contributed by atoms with Gasteiger partial charge in [-0.3, -0.25) is 4.79 Å². The van der Waals surface area contributed by atoms with E-state index in [9.17, 15) is 9.59 Å². The number of rotatable bonds is 7. The number of carbonyl (C=O) groups excluding carboxylic acids is 2. The fraction of sp³-hybridized carbons (Fsp3) is 0.188. The van der Waals surface area contributed by atoms with Crippen molar-refractivity contribution in [1.82, 2.24) is 0 Å². The van der Waals surface area contributed by atoms with E-state index in [1.54, 1.807) is 7.11 Å². The zero-order valence-corrected chi connectivity index (χ0v) is 20.9. The van der Waals surface area contributed by atoms with Crippen LogP contribution in [0.1, 0.15) is 33.4 Å². The van der Waals surface area contributed by atoms with E-state index in [2.05, 4.69) is 4.90 Å². The van der Waals surface area contributed by atoms with Crippen molar-refractivity contribution in [2.45, 2.75) is 18.0 Å². The Morgan fingerprint density at radius 3 is 1.76 bits per heavy atom. The quantitative estimate of drug-likeness (QED) is 0.232. The van der Waals surface area contributed by atoms with E-state index in [1.807, 2.05) is 115 Å². The largest absolute Gasteiger partial charge is 0.497 e. The summed E-state index contributed by atoms with van der Waals surface area (Å²) >= 11 is 0. The van der Waals surface area contributed by atoms with Gasteiger partial charge in [0.1, 0.15) is 11.8 Å². The molecule has 0 aromatic heterocycles. The standard InChI is InChI=1S/C32H29NO4/c1-36-26-20-18-25(19-21-26)33-29(23-14-8-4-9-15-23)28(31(34)24-16-10-5-11-17-24)27(30(33)32(35)37-2)22-12-6-3-7-13-22/h3-21,27-30H,1-2H3/t27-,28-,29-,30+/m0/s1. The Labute approximate surface area is 217 Å². The maximum Gasteiger partial charge on any atom is 0.329 e. The minimum Gasteiger partial charge on any atom is -0.497 e. The molecule has 1 aliphatic heterocycles. The van der Waals surface area contributed by atoms with Crippen LogP contribution in [0.5, 0.6) is 5.75 Å². The Kier molecular flexibility index (Phi) is 7.04. The van der Waals surface area contributed by atoms with Crippen LogP contribution >= 0.6 is 0 Å². The van der Waals surface area contributed by atoms with Crippen molar-refractivity contribution in [2.75, 3.05) is 19.1 Å². The van der Waals surface area contributed by atoms with E-state index in [0.717, 1.165) is 16.8 Å². The summed E-state index contributed by atoms with van der Waals surface area (Å²) in [6.07, 6.45) is 0. The highest BCUT2D eigenvalue weighted by Gasteiger charge is 2.56. The molecule has 0 saturated carbocycles. The number of ether oxygens (including phenoxy) is 2. The Balaban J connectivity index is 1.78. The van der Waals surface area contributed by atoms with Gasteiger partial charge < -0.3 is 14.4 Å². The molecule has 1 saturated heterocycles. The molecule has 0 bridgehead atoms. The lowest BCUT2D eigenvalue weighted by atomic mass is 9.76. The molecule has 1 fully saturated rings. The summed E-state index contributed by atoms with van der Waals surface area (Å²) in [6, 6.07) is 35.6. The number of esters is 1. The number of nitrogens with zero attached hydrogens (tertiary/aromatic N) is 1. The van der Waals surface area contributed by atoms with Gasteiger partial charge in [-0.2, -0.15) is 0 Å². The van der Waals surface area contributed by atoms with E-state index >= 15 is 0 Å². The van der Waals surface area contributed by atoms with Gasteiger partial charge in [-0.25, -0.2) is 4.79 Å². The summed E-state index contributed by atoms with van der Waals surface area (Å²) in [5.41, 5.74) is 3.31. The molecule has 4 aromatic rings. The van der Waals surface area contributed by atoms with E-state index in [-0.39, 0.29) is 11.8 Å². The molecule has 0 unspecified atom stereocenters. The number of ketones is 1. The lowest BCUT2D eigenvalue weighted by Crippen LogP contribution is -2.41. The van der Waals surface area contributed by atoms with Crippen molar-refractivity contribution in [3.63, 3.8) is 0 Å². The smallest absolute Gasteiger partial charge is 0.329 e. The first kappa shape index (κ1) is 24.3. The third-order valence-electron chi connectivity index (χ3n) is 7.17. The molecule has 0 N–H and O–H groups in total. The van der Waals surface area contributed by atoms with E-state index in [1.165, 1.54) is 7.11 Å². The van der Waals surface area contributed by atoms with Gasteiger partial charge in [0.2, 0.25) is 0 Å². The van der Waals surface area contributed by atoms with Crippen molar-refractivity contribution in [3.05, 3.63) is 132 Å². The molecular weight excluding hydrogens is 462 g/mol.